The minimum absolute atomic E-state index is 0.194. The summed E-state index contributed by atoms with van der Waals surface area (Å²) < 4.78 is 0. The number of rotatable bonds is 3. The molecular formula is C7H16BNO. The highest BCUT2D eigenvalue weighted by Gasteiger charge is 2.12. The molecule has 0 bridgehead atoms. The molecule has 0 aliphatic rings. The van der Waals surface area contributed by atoms with E-state index in [1.165, 1.54) is 0 Å². The summed E-state index contributed by atoms with van der Waals surface area (Å²) in [6, 6.07) is 0. The molecule has 1 atom stereocenters. The van der Waals surface area contributed by atoms with E-state index in [1.54, 1.807) is 19.0 Å². The van der Waals surface area contributed by atoms with Gasteiger partial charge in [-0.25, -0.2) is 0 Å². The van der Waals surface area contributed by atoms with Crippen LogP contribution in [0.15, 0.2) is 0 Å². The van der Waals surface area contributed by atoms with Crippen LogP contribution in [-0.2, 0) is 4.79 Å². The van der Waals surface area contributed by atoms with E-state index in [0.717, 1.165) is 12.8 Å². The molecule has 10 heavy (non-hydrogen) atoms. The van der Waals surface area contributed by atoms with Gasteiger partial charge in [-0.1, -0.05) is 13.3 Å². The summed E-state index contributed by atoms with van der Waals surface area (Å²) in [5, 5.41) is 0. The summed E-state index contributed by atoms with van der Waals surface area (Å²) in [7, 11) is 5.58. The summed E-state index contributed by atoms with van der Waals surface area (Å²) in [6.07, 6.45) is 2.08. The zero-order chi connectivity index (χ0) is 8.15. The Labute approximate surface area is 64.0 Å². The lowest BCUT2D eigenvalue weighted by Gasteiger charge is -2.15. The Morgan fingerprint density at radius 2 is 2.10 bits per heavy atom. The normalized spacial score (nSPS) is 12.7. The van der Waals surface area contributed by atoms with Crippen molar-refractivity contribution >= 4 is 13.8 Å². The molecule has 1 amide bonds. The molecule has 0 aliphatic heterocycles. The Bertz CT molecular complexity index is 114. The van der Waals surface area contributed by atoms with Crippen LogP contribution in [0.25, 0.3) is 0 Å². The van der Waals surface area contributed by atoms with Crippen LogP contribution in [-0.4, -0.2) is 32.7 Å². The van der Waals surface area contributed by atoms with E-state index >= 15 is 0 Å². The van der Waals surface area contributed by atoms with Crippen LogP contribution in [0.3, 0.4) is 0 Å². The fraction of sp³-hybridized carbons (Fsp3) is 0.857. The first-order chi connectivity index (χ1) is 4.59. The van der Waals surface area contributed by atoms with Gasteiger partial charge in [-0.05, 0) is 6.42 Å². The summed E-state index contributed by atoms with van der Waals surface area (Å²) in [6.45, 7) is 2.10. The zero-order valence-corrected chi connectivity index (χ0v) is 7.35. The highest BCUT2D eigenvalue weighted by atomic mass is 16.2. The molecule has 0 rings (SSSR count). The van der Waals surface area contributed by atoms with E-state index in [1.807, 2.05) is 7.85 Å². The van der Waals surface area contributed by atoms with Gasteiger partial charge in [0.25, 0.3) is 0 Å². The Morgan fingerprint density at radius 3 is 2.40 bits per heavy atom. The lowest BCUT2D eigenvalue weighted by Crippen LogP contribution is -2.26. The van der Waals surface area contributed by atoms with Crippen molar-refractivity contribution in [1.29, 1.82) is 0 Å². The van der Waals surface area contributed by atoms with Gasteiger partial charge in [0.15, 0.2) is 0 Å². The van der Waals surface area contributed by atoms with Crippen molar-refractivity contribution in [2.45, 2.75) is 25.6 Å². The van der Waals surface area contributed by atoms with Crippen molar-refractivity contribution in [1.82, 2.24) is 4.90 Å². The number of carbonyl (C=O) groups is 1. The molecule has 0 aromatic rings. The average Bonchev–Trinajstić information content (AvgIpc) is 1.87. The largest absolute Gasteiger partial charge is 0.349 e. The summed E-state index contributed by atoms with van der Waals surface area (Å²) >= 11 is 0. The van der Waals surface area contributed by atoms with Crippen LogP contribution >= 0.6 is 0 Å². The molecule has 0 aromatic heterocycles. The van der Waals surface area contributed by atoms with Gasteiger partial charge in [-0.15, -0.1) is 0 Å². The maximum atomic E-state index is 11.2. The minimum atomic E-state index is 0.194. The second-order valence-corrected chi connectivity index (χ2v) is 2.92. The van der Waals surface area contributed by atoms with Crippen LogP contribution < -0.4 is 0 Å². The Kier molecular flexibility index (Phi) is 4.16. The monoisotopic (exact) mass is 141 g/mol. The molecule has 0 saturated carbocycles. The van der Waals surface area contributed by atoms with Gasteiger partial charge in [0.1, 0.15) is 7.85 Å². The molecule has 0 heterocycles. The predicted octanol–water partition coefficient (Wildman–Crippen LogP) is 0.296. The maximum absolute atomic E-state index is 11.2. The smallest absolute Gasteiger partial charge is 0.217 e. The number of amides is 1. The zero-order valence-electron chi connectivity index (χ0n) is 7.35. The second-order valence-electron chi connectivity index (χ2n) is 2.92. The molecule has 0 saturated heterocycles. The summed E-state index contributed by atoms with van der Waals surface area (Å²) in [5.74, 6) is 0.432. The van der Waals surface area contributed by atoms with Crippen molar-refractivity contribution in [2.75, 3.05) is 14.1 Å². The number of hydrogen-bond donors (Lipinski definition) is 0. The van der Waals surface area contributed by atoms with Gasteiger partial charge in [0, 0.05) is 19.9 Å². The standard InChI is InChI=1S/C7H16BNO/c1-4-5-6(8)7(10)9(2)3/h6H,4-5,8H2,1-3H3. The first-order valence-electron chi connectivity index (χ1n) is 3.80. The molecule has 0 spiro atoms. The molecule has 3 heteroatoms. The van der Waals surface area contributed by atoms with E-state index in [4.69, 9.17) is 0 Å². The van der Waals surface area contributed by atoms with Gasteiger partial charge >= 0.3 is 0 Å². The fourth-order valence-electron chi connectivity index (χ4n) is 0.997. The minimum Gasteiger partial charge on any atom is -0.349 e. The molecule has 0 fully saturated rings. The summed E-state index contributed by atoms with van der Waals surface area (Å²) in [5.41, 5.74) is 0. The molecule has 0 N–H and O–H groups in total. The topological polar surface area (TPSA) is 20.3 Å². The third-order valence-electron chi connectivity index (χ3n) is 1.58. The van der Waals surface area contributed by atoms with E-state index in [9.17, 15) is 4.79 Å². The van der Waals surface area contributed by atoms with E-state index in [2.05, 4.69) is 6.92 Å². The summed E-state index contributed by atoms with van der Waals surface area (Å²) in [4.78, 5) is 12.8. The van der Waals surface area contributed by atoms with Gasteiger partial charge in [-0.2, -0.15) is 0 Å². The van der Waals surface area contributed by atoms with Gasteiger partial charge in [0.05, 0.1) is 0 Å². The van der Waals surface area contributed by atoms with Crippen molar-refractivity contribution < 1.29 is 4.79 Å². The molecule has 0 aliphatic carbocycles. The Hall–Kier alpha value is -0.465. The van der Waals surface area contributed by atoms with Crippen LogP contribution in [0.2, 0.25) is 5.82 Å². The average molecular weight is 141 g/mol. The van der Waals surface area contributed by atoms with Crippen molar-refractivity contribution in [2.24, 2.45) is 0 Å². The molecule has 2 nitrogen and oxygen atoms in total. The first kappa shape index (κ1) is 9.53. The lowest BCUT2D eigenvalue weighted by molar-refractivity contribution is -0.128. The van der Waals surface area contributed by atoms with Crippen LogP contribution in [0.1, 0.15) is 19.8 Å². The lowest BCUT2D eigenvalue weighted by atomic mass is 9.82. The molecule has 0 aromatic carbocycles. The molecule has 58 valence electrons. The van der Waals surface area contributed by atoms with Gasteiger partial charge < -0.3 is 4.90 Å². The third kappa shape index (κ3) is 2.90. The third-order valence-corrected chi connectivity index (χ3v) is 1.58. The number of carbonyl (C=O) groups excluding carboxylic acids is 1. The SMILES string of the molecule is BC(CCC)C(=O)N(C)C. The highest BCUT2D eigenvalue weighted by Crippen LogP contribution is 2.09. The van der Waals surface area contributed by atoms with Crippen LogP contribution in [0.4, 0.5) is 0 Å². The van der Waals surface area contributed by atoms with Gasteiger partial charge in [0.2, 0.25) is 5.91 Å². The van der Waals surface area contributed by atoms with E-state index < -0.39 is 0 Å². The highest BCUT2D eigenvalue weighted by molar-refractivity contribution is 6.23. The predicted molar refractivity (Wildman–Crippen MR) is 45.9 cm³/mol. The van der Waals surface area contributed by atoms with E-state index in [-0.39, 0.29) is 11.7 Å². The number of hydrogen-bond acceptors (Lipinski definition) is 1. The quantitative estimate of drug-likeness (QED) is 0.517. The molecular weight excluding hydrogens is 125 g/mol. The fourth-order valence-corrected chi connectivity index (χ4v) is 0.997. The number of nitrogens with zero attached hydrogens (tertiary/aromatic N) is 1. The second kappa shape index (κ2) is 4.37. The van der Waals surface area contributed by atoms with E-state index in [0.29, 0.717) is 0 Å². The molecule has 1 unspecified atom stereocenters. The van der Waals surface area contributed by atoms with Crippen LogP contribution in [0.5, 0.6) is 0 Å². The van der Waals surface area contributed by atoms with Crippen molar-refractivity contribution in [3.63, 3.8) is 0 Å². The van der Waals surface area contributed by atoms with Crippen LogP contribution in [0, 0.1) is 0 Å². The Balaban J connectivity index is 3.71. The Morgan fingerprint density at radius 1 is 1.60 bits per heavy atom. The molecule has 0 radical (unpaired) electrons. The van der Waals surface area contributed by atoms with Crippen molar-refractivity contribution in [3.05, 3.63) is 0 Å². The van der Waals surface area contributed by atoms with Gasteiger partial charge in [-0.3, -0.25) is 4.79 Å². The maximum Gasteiger partial charge on any atom is 0.217 e. The first-order valence-corrected chi connectivity index (χ1v) is 3.80. The van der Waals surface area contributed by atoms with Crippen molar-refractivity contribution in [3.8, 4) is 0 Å².